The van der Waals surface area contributed by atoms with Gasteiger partial charge in [0.05, 0.1) is 0 Å². The van der Waals surface area contributed by atoms with Crippen molar-refractivity contribution >= 4 is 0 Å². The van der Waals surface area contributed by atoms with E-state index in [1.807, 2.05) is 0 Å². The molecule has 0 aliphatic heterocycles. The normalized spacial score (nSPS) is 29.3. The van der Waals surface area contributed by atoms with Gasteiger partial charge in [0.1, 0.15) is 0 Å². The van der Waals surface area contributed by atoms with Crippen molar-refractivity contribution in [2.45, 2.75) is 83.5 Å². The minimum atomic E-state index is -1.35. The second-order valence-corrected chi connectivity index (χ2v) is 8.79. The van der Waals surface area contributed by atoms with Crippen molar-refractivity contribution in [3.63, 3.8) is 0 Å². The van der Waals surface area contributed by atoms with Gasteiger partial charge in [-0.1, -0.05) is 37.8 Å². The second kappa shape index (κ2) is 9.80. The van der Waals surface area contributed by atoms with E-state index in [4.69, 9.17) is 0 Å². The van der Waals surface area contributed by atoms with Gasteiger partial charge in [-0.05, 0) is 93.2 Å². The molecule has 1 aromatic carbocycles. The molecule has 2 aliphatic rings. The lowest BCUT2D eigenvalue weighted by Gasteiger charge is -2.32. The van der Waals surface area contributed by atoms with Crippen molar-refractivity contribution in [3.05, 3.63) is 47.3 Å². The number of benzene rings is 1. The van der Waals surface area contributed by atoms with Crippen LogP contribution in [0.4, 0.5) is 13.2 Å². The Bertz CT molecular complexity index is 598. The van der Waals surface area contributed by atoms with Crippen LogP contribution < -0.4 is 0 Å². The van der Waals surface area contributed by atoms with E-state index in [9.17, 15) is 13.2 Å². The Labute approximate surface area is 162 Å². The molecular weight excluding hydrogens is 345 g/mol. The van der Waals surface area contributed by atoms with Gasteiger partial charge in [-0.2, -0.15) is 0 Å². The largest absolute Gasteiger partial charge is 0.204 e. The fraction of sp³-hybridized carbons (Fsp3) is 0.667. The molecule has 0 saturated heterocycles. The summed E-state index contributed by atoms with van der Waals surface area (Å²) in [6.45, 7) is 2.10. The second-order valence-electron chi connectivity index (χ2n) is 8.79. The summed E-state index contributed by atoms with van der Waals surface area (Å²) in [5, 5.41) is 0. The lowest BCUT2D eigenvalue weighted by molar-refractivity contribution is 0.231. The first-order valence-electron chi connectivity index (χ1n) is 10.8. The molecule has 0 unspecified atom stereocenters. The van der Waals surface area contributed by atoms with Crippen LogP contribution in [0.2, 0.25) is 0 Å². The molecule has 150 valence electrons. The van der Waals surface area contributed by atoms with Gasteiger partial charge >= 0.3 is 0 Å². The molecule has 1 aromatic rings. The fourth-order valence-electron chi connectivity index (χ4n) is 5.15. The van der Waals surface area contributed by atoms with E-state index in [2.05, 4.69) is 19.1 Å². The number of rotatable bonds is 6. The van der Waals surface area contributed by atoms with Gasteiger partial charge in [0.25, 0.3) is 0 Å². The number of halogens is 3. The van der Waals surface area contributed by atoms with Crippen molar-refractivity contribution in [1.29, 1.82) is 0 Å². The zero-order valence-electron chi connectivity index (χ0n) is 16.5. The molecule has 27 heavy (non-hydrogen) atoms. The Morgan fingerprint density at radius 3 is 1.78 bits per heavy atom. The van der Waals surface area contributed by atoms with Crippen LogP contribution in [-0.2, 0) is 0 Å². The quantitative estimate of drug-likeness (QED) is 0.348. The highest BCUT2D eigenvalue weighted by molar-refractivity contribution is 5.23. The predicted molar refractivity (Wildman–Crippen MR) is 105 cm³/mol. The summed E-state index contributed by atoms with van der Waals surface area (Å²) in [6, 6.07) is 2.38. The summed E-state index contributed by atoms with van der Waals surface area (Å²) >= 11 is 0. The predicted octanol–water partition coefficient (Wildman–Crippen LogP) is 7.93. The Balaban J connectivity index is 1.39. The van der Waals surface area contributed by atoms with Crippen LogP contribution in [0.15, 0.2) is 24.3 Å². The SMILES string of the molecule is CC=CCC1CCC(CCC2CCC(c3cc(F)c(F)c(F)c3)CC2)CC1. The minimum Gasteiger partial charge on any atom is -0.204 e. The van der Waals surface area contributed by atoms with Gasteiger partial charge < -0.3 is 0 Å². The smallest absolute Gasteiger partial charge is 0.194 e. The molecular formula is C24H33F3. The minimum absolute atomic E-state index is 0.174. The maximum Gasteiger partial charge on any atom is 0.194 e. The van der Waals surface area contributed by atoms with Crippen LogP contribution in [0.1, 0.15) is 89.0 Å². The Morgan fingerprint density at radius 1 is 0.778 bits per heavy atom. The van der Waals surface area contributed by atoms with Gasteiger partial charge in [0.2, 0.25) is 0 Å². The first-order chi connectivity index (χ1) is 13.1. The van der Waals surface area contributed by atoms with Gasteiger partial charge in [-0.3, -0.25) is 0 Å². The number of allylic oxidation sites excluding steroid dienone is 2. The van der Waals surface area contributed by atoms with E-state index in [1.54, 1.807) is 0 Å². The molecule has 2 saturated carbocycles. The molecule has 0 amide bonds. The van der Waals surface area contributed by atoms with Crippen molar-refractivity contribution in [3.8, 4) is 0 Å². The maximum atomic E-state index is 13.5. The lowest BCUT2D eigenvalue weighted by Crippen LogP contribution is -2.17. The van der Waals surface area contributed by atoms with Crippen LogP contribution in [0.25, 0.3) is 0 Å². The summed E-state index contributed by atoms with van der Waals surface area (Å²) in [7, 11) is 0. The van der Waals surface area contributed by atoms with Gasteiger partial charge in [-0.15, -0.1) is 0 Å². The standard InChI is InChI=1S/C24H33F3/c1-2-3-4-17-5-7-18(8-6-17)9-10-19-11-13-20(14-12-19)21-15-22(25)24(27)23(26)16-21/h2-3,15-20H,4-14H2,1H3. The molecule has 0 atom stereocenters. The average Bonchev–Trinajstić information content (AvgIpc) is 2.69. The third kappa shape index (κ3) is 5.62. The van der Waals surface area contributed by atoms with Crippen molar-refractivity contribution < 1.29 is 13.2 Å². The summed E-state index contributed by atoms with van der Waals surface area (Å²) < 4.78 is 40.1. The van der Waals surface area contributed by atoms with Crippen LogP contribution in [0.5, 0.6) is 0 Å². The highest BCUT2D eigenvalue weighted by Gasteiger charge is 2.26. The van der Waals surface area contributed by atoms with Crippen LogP contribution in [-0.4, -0.2) is 0 Å². The molecule has 0 bridgehead atoms. The average molecular weight is 379 g/mol. The number of hydrogen-bond donors (Lipinski definition) is 0. The summed E-state index contributed by atoms with van der Waals surface area (Å²) in [5.41, 5.74) is 0.629. The summed E-state index contributed by atoms with van der Waals surface area (Å²) in [4.78, 5) is 0. The molecule has 0 N–H and O–H groups in total. The first kappa shape index (κ1) is 20.5. The molecule has 3 rings (SSSR count). The molecule has 2 fully saturated rings. The Kier molecular flexibility index (Phi) is 7.43. The van der Waals surface area contributed by atoms with Crippen LogP contribution in [0, 0.1) is 35.2 Å². The Morgan fingerprint density at radius 2 is 1.26 bits per heavy atom. The number of hydrogen-bond acceptors (Lipinski definition) is 0. The monoisotopic (exact) mass is 378 g/mol. The zero-order valence-corrected chi connectivity index (χ0v) is 16.5. The molecule has 2 aliphatic carbocycles. The highest BCUT2D eigenvalue weighted by atomic mass is 19.2. The fourth-order valence-corrected chi connectivity index (χ4v) is 5.15. The van der Waals surface area contributed by atoms with E-state index in [1.165, 1.54) is 57.1 Å². The van der Waals surface area contributed by atoms with Gasteiger partial charge in [0.15, 0.2) is 17.5 Å². The van der Waals surface area contributed by atoms with Crippen molar-refractivity contribution in [1.82, 2.24) is 0 Å². The molecule has 0 aromatic heterocycles. The third-order valence-corrected chi connectivity index (χ3v) is 6.98. The molecule has 0 spiro atoms. The molecule has 3 heteroatoms. The van der Waals surface area contributed by atoms with E-state index < -0.39 is 17.5 Å². The van der Waals surface area contributed by atoms with E-state index in [0.717, 1.165) is 43.4 Å². The van der Waals surface area contributed by atoms with E-state index >= 15 is 0 Å². The van der Waals surface area contributed by atoms with Gasteiger partial charge in [0, 0.05) is 0 Å². The Hall–Kier alpha value is -1.25. The molecule has 0 nitrogen and oxygen atoms in total. The van der Waals surface area contributed by atoms with Gasteiger partial charge in [-0.25, -0.2) is 13.2 Å². The maximum absolute atomic E-state index is 13.5. The van der Waals surface area contributed by atoms with Crippen LogP contribution >= 0.6 is 0 Å². The van der Waals surface area contributed by atoms with E-state index in [0.29, 0.717) is 5.56 Å². The van der Waals surface area contributed by atoms with Crippen LogP contribution in [0.3, 0.4) is 0 Å². The highest BCUT2D eigenvalue weighted by Crippen LogP contribution is 2.40. The summed E-state index contributed by atoms with van der Waals surface area (Å²) in [6.07, 6.45) is 18.1. The summed E-state index contributed by atoms with van der Waals surface area (Å²) in [5.74, 6) is -0.763. The van der Waals surface area contributed by atoms with Crippen molar-refractivity contribution in [2.75, 3.05) is 0 Å². The molecule has 0 heterocycles. The third-order valence-electron chi connectivity index (χ3n) is 6.98. The molecule has 0 radical (unpaired) electrons. The topological polar surface area (TPSA) is 0 Å². The first-order valence-corrected chi connectivity index (χ1v) is 10.8. The van der Waals surface area contributed by atoms with E-state index in [-0.39, 0.29) is 5.92 Å². The van der Waals surface area contributed by atoms with Crippen molar-refractivity contribution in [2.24, 2.45) is 17.8 Å². The zero-order chi connectivity index (χ0) is 19.2. The lowest BCUT2D eigenvalue weighted by atomic mass is 9.74.